The number of carbonyl (C=O) groups is 1. The Kier molecular flexibility index (Phi) is 2.05. The first-order valence-corrected chi connectivity index (χ1v) is 3.26. The Balaban J connectivity index is 2.09. The van der Waals surface area contributed by atoms with Crippen LogP contribution in [-0.2, 0) is 4.79 Å². The van der Waals surface area contributed by atoms with E-state index in [9.17, 15) is 4.79 Å². The molecule has 0 aromatic rings. The van der Waals surface area contributed by atoms with Gasteiger partial charge in [0.15, 0.2) is 0 Å². The summed E-state index contributed by atoms with van der Waals surface area (Å²) in [5.41, 5.74) is 1.63. The summed E-state index contributed by atoms with van der Waals surface area (Å²) >= 11 is 0. The molecular weight excluding hydrogens is 118 g/mol. The van der Waals surface area contributed by atoms with Gasteiger partial charge in [-0.1, -0.05) is 6.42 Å². The third kappa shape index (κ3) is 1.68. The SMILES string of the molecule is O=C(CC1CCC1)NO. The second kappa shape index (κ2) is 2.82. The van der Waals surface area contributed by atoms with E-state index in [1.54, 1.807) is 5.48 Å². The van der Waals surface area contributed by atoms with Crippen LogP contribution >= 0.6 is 0 Å². The van der Waals surface area contributed by atoms with E-state index in [2.05, 4.69) is 0 Å². The highest BCUT2D eigenvalue weighted by atomic mass is 16.5. The smallest absolute Gasteiger partial charge is 0.243 e. The Hall–Kier alpha value is -0.570. The van der Waals surface area contributed by atoms with Crippen molar-refractivity contribution < 1.29 is 10.0 Å². The lowest BCUT2D eigenvalue weighted by atomic mass is 9.83. The lowest BCUT2D eigenvalue weighted by molar-refractivity contribution is -0.130. The van der Waals surface area contributed by atoms with E-state index >= 15 is 0 Å². The van der Waals surface area contributed by atoms with Crippen molar-refractivity contribution >= 4 is 5.91 Å². The number of rotatable bonds is 2. The first-order chi connectivity index (χ1) is 4.33. The Morgan fingerprint density at radius 2 is 2.33 bits per heavy atom. The zero-order valence-electron chi connectivity index (χ0n) is 5.26. The second-order valence-corrected chi connectivity index (χ2v) is 2.54. The fourth-order valence-electron chi connectivity index (χ4n) is 1.00. The molecule has 0 heterocycles. The van der Waals surface area contributed by atoms with Crippen molar-refractivity contribution in [3.63, 3.8) is 0 Å². The van der Waals surface area contributed by atoms with Gasteiger partial charge in [0.1, 0.15) is 0 Å². The van der Waals surface area contributed by atoms with E-state index < -0.39 is 0 Å². The summed E-state index contributed by atoms with van der Waals surface area (Å²) in [7, 11) is 0. The Labute approximate surface area is 54.0 Å². The molecule has 1 amide bonds. The number of hydroxylamine groups is 1. The lowest BCUT2D eigenvalue weighted by Gasteiger charge is -2.23. The van der Waals surface area contributed by atoms with Crippen LogP contribution in [0.15, 0.2) is 0 Å². The maximum atomic E-state index is 10.5. The minimum atomic E-state index is -0.250. The molecule has 1 rings (SSSR count). The predicted octanol–water partition coefficient (Wildman–Crippen LogP) is 0.682. The standard InChI is InChI=1S/C6H11NO2/c8-6(7-9)4-5-2-1-3-5/h5,9H,1-4H2,(H,7,8). The van der Waals surface area contributed by atoms with Crippen LogP contribution in [0.25, 0.3) is 0 Å². The summed E-state index contributed by atoms with van der Waals surface area (Å²) in [4.78, 5) is 10.5. The zero-order chi connectivity index (χ0) is 6.69. The molecular formula is C6H11NO2. The van der Waals surface area contributed by atoms with E-state index in [0.29, 0.717) is 12.3 Å². The molecule has 0 radical (unpaired) electrons. The topological polar surface area (TPSA) is 49.3 Å². The highest BCUT2D eigenvalue weighted by molar-refractivity contribution is 5.74. The van der Waals surface area contributed by atoms with Gasteiger partial charge in [0.25, 0.3) is 0 Å². The fourth-order valence-corrected chi connectivity index (χ4v) is 1.00. The molecule has 0 spiro atoms. The first kappa shape index (κ1) is 6.55. The number of hydrogen-bond acceptors (Lipinski definition) is 2. The van der Waals surface area contributed by atoms with Gasteiger partial charge in [-0.15, -0.1) is 0 Å². The van der Waals surface area contributed by atoms with E-state index in [1.165, 1.54) is 6.42 Å². The third-order valence-corrected chi connectivity index (χ3v) is 1.82. The van der Waals surface area contributed by atoms with Crippen molar-refractivity contribution in [2.75, 3.05) is 0 Å². The van der Waals surface area contributed by atoms with Gasteiger partial charge < -0.3 is 0 Å². The summed E-state index contributed by atoms with van der Waals surface area (Å²) < 4.78 is 0. The van der Waals surface area contributed by atoms with Crippen LogP contribution in [0.1, 0.15) is 25.7 Å². The second-order valence-electron chi connectivity index (χ2n) is 2.54. The molecule has 1 aliphatic rings. The van der Waals surface area contributed by atoms with Gasteiger partial charge in [0.05, 0.1) is 0 Å². The summed E-state index contributed by atoms with van der Waals surface area (Å²) in [6.45, 7) is 0. The molecule has 3 nitrogen and oxygen atoms in total. The van der Waals surface area contributed by atoms with E-state index in [0.717, 1.165) is 12.8 Å². The van der Waals surface area contributed by atoms with E-state index in [-0.39, 0.29) is 5.91 Å². The molecule has 0 aromatic heterocycles. The van der Waals surface area contributed by atoms with Gasteiger partial charge in [0, 0.05) is 6.42 Å². The molecule has 0 saturated heterocycles. The van der Waals surface area contributed by atoms with E-state index in [1.807, 2.05) is 0 Å². The van der Waals surface area contributed by atoms with Gasteiger partial charge in [-0.2, -0.15) is 0 Å². The van der Waals surface area contributed by atoms with Crippen LogP contribution in [0, 0.1) is 5.92 Å². The van der Waals surface area contributed by atoms with Crippen molar-refractivity contribution in [1.29, 1.82) is 0 Å². The molecule has 2 N–H and O–H groups in total. The Morgan fingerprint density at radius 3 is 2.67 bits per heavy atom. The molecule has 0 aromatic carbocycles. The summed E-state index contributed by atoms with van der Waals surface area (Å²) in [5.74, 6) is 0.289. The summed E-state index contributed by atoms with van der Waals surface area (Å²) in [6.07, 6.45) is 4.03. The van der Waals surface area contributed by atoms with Crippen LogP contribution in [0.5, 0.6) is 0 Å². The minimum Gasteiger partial charge on any atom is -0.289 e. The number of amides is 1. The van der Waals surface area contributed by atoms with Crippen LogP contribution in [0.3, 0.4) is 0 Å². The summed E-state index contributed by atoms with van der Waals surface area (Å²) in [6, 6.07) is 0. The van der Waals surface area contributed by atoms with Gasteiger partial charge in [-0.3, -0.25) is 10.0 Å². The van der Waals surface area contributed by atoms with Crippen molar-refractivity contribution in [2.24, 2.45) is 5.92 Å². The highest BCUT2D eigenvalue weighted by Crippen LogP contribution is 2.28. The third-order valence-electron chi connectivity index (χ3n) is 1.82. The molecule has 0 bridgehead atoms. The van der Waals surface area contributed by atoms with Crippen LogP contribution in [0.2, 0.25) is 0 Å². The van der Waals surface area contributed by atoms with Gasteiger partial charge in [-0.05, 0) is 18.8 Å². The average Bonchev–Trinajstić information content (AvgIpc) is 1.78. The Bertz CT molecular complexity index is 110. The molecule has 52 valence electrons. The largest absolute Gasteiger partial charge is 0.289 e. The molecule has 0 aliphatic heterocycles. The van der Waals surface area contributed by atoms with Crippen LogP contribution in [0.4, 0.5) is 0 Å². The molecule has 3 heteroatoms. The molecule has 0 unspecified atom stereocenters. The fraction of sp³-hybridized carbons (Fsp3) is 0.833. The van der Waals surface area contributed by atoms with Crippen molar-refractivity contribution in [3.05, 3.63) is 0 Å². The van der Waals surface area contributed by atoms with Crippen LogP contribution in [-0.4, -0.2) is 11.1 Å². The lowest BCUT2D eigenvalue weighted by Crippen LogP contribution is -2.24. The quantitative estimate of drug-likeness (QED) is 0.425. The maximum absolute atomic E-state index is 10.5. The average molecular weight is 129 g/mol. The normalized spacial score (nSPS) is 18.8. The zero-order valence-corrected chi connectivity index (χ0v) is 5.26. The number of carbonyl (C=O) groups excluding carboxylic acids is 1. The molecule has 0 atom stereocenters. The molecule has 1 aliphatic carbocycles. The van der Waals surface area contributed by atoms with Gasteiger partial charge in [-0.25, -0.2) is 5.48 Å². The molecule has 9 heavy (non-hydrogen) atoms. The van der Waals surface area contributed by atoms with Gasteiger partial charge in [0.2, 0.25) is 5.91 Å². The molecule has 1 saturated carbocycles. The maximum Gasteiger partial charge on any atom is 0.243 e. The van der Waals surface area contributed by atoms with Crippen LogP contribution < -0.4 is 5.48 Å². The number of hydrogen-bond donors (Lipinski definition) is 2. The highest BCUT2D eigenvalue weighted by Gasteiger charge is 2.19. The summed E-state index contributed by atoms with van der Waals surface area (Å²) in [5, 5.41) is 8.10. The Morgan fingerprint density at radius 1 is 1.67 bits per heavy atom. The van der Waals surface area contributed by atoms with E-state index in [4.69, 9.17) is 5.21 Å². The molecule has 1 fully saturated rings. The van der Waals surface area contributed by atoms with Crippen molar-refractivity contribution in [3.8, 4) is 0 Å². The van der Waals surface area contributed by atoms with Crippen molar-refractivity contribution in [1.82, 2.24) is 5.48 Å². The first-order valence-electron chi connectivity index (χ1n) is 3.26. The van der Waals surface area contributed by atoms with Gasteiger partial charge >= 0.3 is 0 Å². The predicted molar refractivity (Wildman–Crippen MR) is 31.9 cm³/mol. The number of nitrogens with one attached hydrogen (secondary N) is 1. The monoisotopic (exact) mass is 129 g/mol. The van der Waals surface area contributed by atoms with Crippen molar-refractivity contribution in [2.45, 2.75) is 25.7 Å². The minimum absolute atomic E-state index is 0.250.